The Morgan fingerprint density at radius 3 is 2.71 bits per heavy atom. The quantitative estimate of drug-likeness (QED) is 0.779. The van der Waals surface area contributed by atoms with Crippen LogP contribution in [0.2, 0.25) is 10.0 Å². The van der Waals surface area contributed by atoms with E-state index in [9.17, 15) is 0 Å². The van der Waals surface area contributed by atoms with Crippen LogP contribution < -0.4 is 5.32 Å². The molecule has 3 heteroatoms. The number of benzene rings is 1. The monoisotopic (exact) mass is 227 g/mol. The van der Waals surface area contributed by atoms with Crippen molar-refractivity contribution < 1.29 is 0 Å². The number of fused-ring (bicyclic) bond motifs is 1. The van der Waals surface area contributed by atoms with Gasteiger partial charge in [-0.15, -0.1) is 0 Å². The minimum absolute atomic E-state index is 0.383. The molecule has 2 atom stereocenters. The summed E-state index contributed by atoms with van der Waals surface area (Å²) in [5.74, 6) is 0.819. The first-order valence-electron chi connectivity index (χ1n) is 4.89. The van der Waals surface area contributed by atoms with E-state index in [1.165, 1.54) is 12.0 Å². The lowest BCUT2D eigenvalue weighted by Crippen LogP contribution is -2.19. The Labute approximate surface area is 93.4 Å². The third-order valence-electron chi connectivity index (χ3n) is 3.56. The maximum absolute atomic E-state index is 6.02. The highest BCUT2D eigenvalue weighted by Crippen LogP contribution is 2.56. The molecule has 1 heterocycles. The minimum atomic E-state index is 0.383. The summed E-state index contributed by atoms with van der Waals surface area (Å²) >= 11 is 11.9. The summed E-state index contributed by atoms with van der Waals surface area (Å²) in [5, 5.41) is 4.74. The average Bonchev–Trinajstić information content (AvgIpc) is 2.75. The predicted molar refractivity (Wildman–Crippen MR) is 59.1 cm³/mol. The summed E-state index contributed by atoms with van der Waals surface area (Å²) in [6.07, 6.45) is 1.30. The summed E-state index contributed by atoms with van der Waals surface area (Å²) in [7, 11) is 0. The van der Waals surface area contributed by atoms with Crippen LogP contribution in [0.25, 0.3) is 0 Å². The van der Waals surface area contributed by atoms with E-state index >= 15 is 0 Å². The molecule has 2 fully saturated rings. The molecule has 1 aliphatic heterocycles. The number of hydrogen-bond donors (Lipinski definition) is 1. The predicted octanol–water partition coefficient (Wildman–Crippen LogP) is 2.85. The van der Waals surface area contributed by atoms with Crippen LogP contribution in [-0.2, 0) is 5.41 Å². The lowest BCUT2D eigenvalue weighted by atomic mass is 9.95. The van der Waals surface area contributed by atoms with E-state index in [0.717, 1.165) is 19.0 Å². The van der Waals surface area contributed by atoms with Crippen molar-refractivity contribution in [3.63, 3.8) is 0 Å². The molecular formula is C11H11Cl2N. The van der Waals surface area contributed by atoms with E-state index in [1.807, 2.05) is 12.1 Å². The van der Waals surface area contributed by atoms with Gasteiger partial charge in [0.2, 0.25) is 0 Å². The summed E-state index contributed by atoms with van der Waals surface area (Å²) in [6, 6.07) is 6.04. The lowest BCUT2D eigenvalue weighted by molar-refractivity contribution is 0.676. The van der Waals surface area contributed by atoms with E-state index in [1.54, 1.807) is 0 Å². The molecule has 1 saturated heterocycles. The normalized spacial score (nSPS) is 34.3. The van der Waals surface area contributed by atoms with Gasteiger partial charge in [0.25, 0.3) is 0 Å². The highest BCUT2D eigenvalue weighted by molar-refractivity contribution is 6.42. The van der Waals surface area contributed by atoms with Gasteiger partial charge >= 0.3 is 0 Å². The zero-order valence-corrected chi connectivity index (χ0v) is 9.20. The summed E-state index contributed by atoms with van der Waals surface area (Å²) < 4.78 is 0. The summed E-state index contributed by atoms with van der Waals surface area (Å²) in [6.45, 7) is 2.25. The lowest BCUT2D eigenvalue weighted by Gasteiger charge is -2.12. The highest BCUT2D eigenvalue weighted by Gasteiger charge is 2.57. The largest absolute Gasteiger partial charge is 0.316 e. The Morgan fingerprint density at radius 1 is 1.29 bits per heavy atom. The molecule has 1 aromatic rings. The topological polar surface area (TPSA) is 12.0 Å². The van der Waals surface area contributed by atoms with E-state index in [0.29, 0.717) is 15.5 Å². The molecule has 1 aliphatic carbocycles. The van der Waals surface area contributed by atoms with Crippen molar-refractivity contribution in [3.05, 3.63) is 33.8 Å². The van der Waals surface area contributed by atoms with Gasteiger partial charge in [-0.05, 0) is 36.6 Å². The van der Waals surface area contributed by atoms with Gasteiger partial charge in [-0.2, -0.15) is 0 Å². The van der Waals surface area contributed by atoms with Crippen molar-refractivity contribution in [2.45, 2.75) is 11.8 Å². The van der Waals surface area contributed by atoms with Crippen LogP contribution in [-0.4, -0.2) is 13.1 Å². The smallest absolute Gasteiger partial charge is 0.0595 e. The van der Waals surface area contributed by atoms with Crippen molar-refractivity contribution in [1.82, 2.24) is 5.32 Å². The number of rotatable bonds is 1. The van der Waals surface area contributed by atoms with Gasteiger partial charge in [0.15, 0.2) is 0 Å². The molecule has 1 unspecified atom stereocenters. The van der Waals surface area contributed by atoms with Gasteiger partial charge in [-0.25, -0.2) is 0 Å². The fourth-order valence-corrected chi connectivity index (χ4v) is 2.89. The standard InChI is InChI=1S/C11H11Cl2N/c12-9-2-1-7(3-10(9)13)11-4-8(11)5-14-6-11/h1-3,8,14H,4-6H2/t8-,11?/m1/s1. The van der Waals surface area contributed by atoms with Gasteiger partial charge in [0.05, 0.1) is 10.0 Å². The number of halogens is 2. The third kappa shape index (κ3) is 1.13. The van der Waals surface area contributed by atoms with Crippen molar-refractivity contribution in [1.29, 1.82) is 0 Å². The average molecular weight is 228 g/mol. The van der Waals surface area contributed by atoms with Crippen molar-refractivity contribution >= 4 is 23.2 Å². The second kappa shape index (κ2) is 2.88. The fraction of sp³-hybridized carbons (Fsp3) is 0.455. The zero-order valence-electron chi connectivity index (χ0n) is 7.69. The van der Waals surface area contributed by atoms with Gasteiger partial charge < -0.3 is 5.32 Å². The Hall–Kier alpha value is -0.240. The Kier molecular flexibility index (Phi) is 1.85. The van der Waals surface area contributed by atoms with Gasteiger partial charge in [0, 0.05) is 12.0 Å². The van der Waals surface area contributed by atoms with Crippen LogP contribution in [0.3, 0.4) is 0 Å². The van der Waals surface area contributed by atoms with Crippen LogP contribution in [0.4, 0.5) is 0 Å². The van der Waals surface area contributed by atoms with E-state index in [-0.39, 0.29) is 0 Å². The molecule has 0 spiro atoms. The number of nitrogens with one attached hydrogen (secondary N) is 1. The van der Waals surface area contributed by atoms with Gasteiger partial charge in [0.1, 0.15) is 0 Å². The molecule has 2 aliphatic rings. The van der Waals surface area contributed by atoms with Crippen LogP contribution >= 0.6 is 23.2 Å². The van der Waals surface area contributed by atoms with E-state index in [4.69, 9.17) is 23.2 Å². The van der Waals surface area contributed by atoms with Crippen LogP contribution in [0.5, 0.6) is 0 Å². The van der Waals surface area contributed by atoms with Crippen molar-refractivity contribution in [2.75, 3.05) is 13.1 Å². The fourth-order valence-electron chi connectivity index (χ4n) is 2.60. The molecule has 0 bridgehead atoms. The first kappa shape index (κ1) is 9.02. The van der Waals surface area contributed by atoms with Crippen molar-refractivity contribution in [3.8, 4) is 0 Å². The Balaban J connectivity index is 2.01. The maximum atomic E-state index is 6.02. The molecule has 14 heavy (non-hydrogen) atoms. The molecule has 0 amide bonds. The second-order valence-electron chi connectivity index (χ2n) is 4.32. The SMILES string of the molecule is Clc1ccc(C23CNC[C@H]2C3)cc1Cl. The second-order valence-corrected chi connectivity index (χ2v) is 5.13. The minimum Gasteiger partial charge on any atom is -0.316 e. The summed E-state index contributed by atoms with van der Waals surface area (Å²) in [4.78, 5) is 0. The molecule has 1 saturated carbocycles. The molecule has 0 aromatic heterocycles. The zero-order chi connectivity index (χ0) is 9.76. The molecule has 1 N–H and O–H groups in total. The molecule has 74 valence electrons. The van der Waals surface area contributed by atoms with E-state index < -0.39 is 0 Å². The van der Waals surface area contributed by atoms with E-state index in [2.05, 4.69) is 11.4 Å². The van der Waals surface area contributed by atoms with Crippen LogP contribution in [0.1, 0.15) is 12.0 Å². The maximum Gasteiger partial charge on any atom is 0.0595 e. The van der Waals surface area contributed by atoms with Gasteiger partial charge in [-0.3, -0.25) is 0 Å². The molecule has 1 aromatic carbocycles. The Morgan fingerprint density at radius 2 is 2.14 bits per heavy atom. The summed E-state index contributed by atoms with van der Waals surface area (Å²) in [5.41, 5.74) is 1.73. The van der Waals surface area contributed by atoms with Gasteiger partial charge in [-0.1, -0.05) is 29.3 Å². The number of piperidine rings is 1. The molecule has 3 rings (SSSR count). The molecular weight excluding hydrogens is 217 g/mol. The van der Waals surface area contributed by atoms with Crippen LogP contribution in [0, 0.1) is 5.92 Å². The molecule has 1 nitrogen and oxygen atoms in total. The van der Waals surface area contributed by atoms with Crippen LogP contribution in [0.15, 0.2) is 18.2 Å². The third-order valence-corrected chi connectivity index (χ3v) is 4.30. The Bertz CT molecular complexity index is 391. The molecule has 0 radical (unpaired) electrons. The number of hydrogen-bond acceptors (Lipinski definition) is 1. The highest BCUT2D eigenvalue weighted by atomic mass is 35.5. The first-order chi connectivity index (χ1) is 6.72. The first-order valence-corrected chi connectivity index (χ1v) is 5.64. The van der Waals surface area contributed by atoms with Crippen molar-refractivity contribution in [2.24, 2.45) is 5.92 Å².